The molecule has 0 saturated heterocycles. The van der Waals surface area contributed by atoms with Crippen LogP contribution < -0.4 is 11.1 Å². The van der Waals surface area contributed by atoms with Crippen molar-refractivity contribution in [3.05, 3.63) is 35.4 Å². The van der Waals surface area contributed by atoms with Gasteiger partial charge in [0.1, 0.15) is 0 Å². The third kappa shape index (κ3) is 5.56. The van der Waals surface area contributed by atoms with E-state index in [-0.39, 0.29) is 11.9 Å². The Balaban J connectivity index is 2.36. The van der Waals surface area contributed by atoms with Gasteiger partial charge in [0.05, 0.1) is 6.04 Å². The van der Waals surface area contributed by atoms with Crippen molar-refractivity contribution in [1.82, 2.24) is 5.32 Å². The molecule has 3 nitrogen and oxygen atoms in total. The fraction of sp³-hybridized carbons (Fsp3) is 0.500. The zero-order valence-corrected chi connectivity index (χ0v) is 11.9. The van der Waals surface area contributed by atoms with Crippen LogP contribution in [0.2, 0.25) is 0 Å². The quantitative estimate of drug-likeness (QED) is 0.757. The molecular formula is C14H22N2OS. The Kier molecular flexibility index (Phi) is 6.83. The second kappa shape index (κ2) is 8.16. The van der Waals surface area contributed by atoms with Crippen LogP contribution in [0.1, 0.15) is 24.5 Å². The summed E-state index contributed by atoms with van der Waals surface area (Å²) in [5.74, 6) is 1.38. The molecule has 0 spiro atoms. The van der Waals surface area contributed by atoms with Crippen molar-refractivity contribution in [2.24, 2.45) is 5.73 Å². The molecule has 1 amide bonds. The van der Waals surface area contributed by atoms with Crippen LogP contribution >= 0.6 is 11.8 Å². The molecule has 1 unspecified atom stereocenters. The number of nitrogens with one attached hydrogen (secondary N) is 1. The highest BCUT2D eigenvalue weighted by Gasteiger charge is 2.13. The third-order valence-electron chi connectivity index (χ3n) is 2.62. The lowest BCUT2D eigenvalue weighted by molar-refractivity contribution is -0.119. The number of carbonyl (C=O) groups excluding carboxylic acids is 1. The largest absolute Gasteiger partial charge is 0.368 e. The van der Waals surface area contributed by atoms with E-state index in [4.69, 9.17) is 5.73 Å². The summed E-state index contributed by atoms with van der Waals surface area (Å²) in [7, 11) is 0. The third-order valence-corrected chi connectivity index (χ3v) is 3.73. The Hall–Kier alpha value is -1.00. The Morgan fingerprint density at radius 3 is 2.89 bits per heavy atom. The lowest BCUT2D eigenvalue weighted by Gasteiger charge is -2.14. The number of hydrogen-bond donors (Lipinski definition) is 2. The zero-order valence-electron chi connectivity index (χ0n) is 11.1. The normalized spacial score (nSPS) is 12.3. The van der Waals surface area contributed by atoms with Crippen LogP contribution in [-0.4, -0.2) is 24.2 Å². The van der Waals surface area contributed by atoms with Crippen molar-refractivity contribution in [2.75, 3.05) is 12.3 Å². The summed E-state index contributed by atoms with van der Waals surface area (Å²) in [6, 6.07) is 8.21. The average Bonchev–Trinajstić information content (AvgIpc) is 2.33. The minimum absolute atomic E-state index is 0.222. The van der Waals surface area contributed by atoms with E-state index in [0.29, 0.717) is 0 Å². The molecule has 0 fully saturated rings. The van der Waals surface area contributed by atoms with E-state index in [0.717, 1.165) is 24.5 Å². The molecule has 0 saturated carbocycles. The SMILES string of the molecule is CCCNC(CSCc1cccc(C)c1)C(N)=O. The van der Waals surface area contributed by atoms with Gasteiger partial charge in [-0.05, 0) is 25.5 Å². The maximum absolute atomic E-state index is 11.2. The summed E-state index contributed by atoms with van der Waals surface area (Å²) in [6.45, 7) is 4.99. The van der Waals surface area contributed by atoms with Gasteiger partial charge in [0, 0.05) is 11.5 Å². The fourth-order valence-corrected chi connectivity index (χ4v) is 2.71. The number of aryl methyl sites for hydroxylation is 1. The van der Waals surface area contributed by atoms with Gasteiger partial charge in [0.25, 0.3) is 0 Å². The number of thioether (sulfide) groups is 1. The van der Waals surface area contributed by atoms with E-state index >= 15 is 0 Å². The number of rotatable bonds is 8. The van der Waals surface area contributed by atoms with Crippen molar-refractivity contribution in [2.45, 2.75) is 32.1 Å². The smallest absolute Gasteiger partial charge is 0.235 e. The monoisotopic (exact) mass is 266 g/mol. The predicted molar refractivity (Wildman–Crippen MR) is 78.6 cm³/mol. The molecule has 0 aliphatic carbocycles. The van der Waals surface area contributed by atoms with Crippen LogP contribution in [0.3, 0.4) is 0 Å². The first kappa shape index (κ1) is 15.1. The number of benzene rings is 1. The van der Waals surface area contributed by atoms with Crippen LogP contribution in [0.15, 0.2) is 24.3 Å². The average molecular weight is 266 g/mol. The maximum atomic E-state index is 11.2. The highest BCUT2D eigenvalue weighted by atomic mass is 32.2. The van der Waals surface area contributed by atoms with E-state index < -0.39 is 0 Å². The molecule has 0 bridgehead atoms. The lowest BCUT2D eigenvalue weighted by atomic mass is 10.2. The molecule has 0 aliphatic heterocycles. The Bertz CT molecular complexity index is 382. The van der Waals surface area contributed by atoms with Gasteiger partial charge in [0.2, 0.25) is 5.91 Å². The van der Waals surface area contributed by atoms with Crippen molar-refractivity contribution in [3.63, 3.8) is 0 Å². The van der Waals surface area contributed by atoms with Gasteiger partial charge in [-0.1, -0.05) is 36.8 Å². The molecule has 4 heteroatoms. The molecule has 100 valence electrons. The minimum Gasteiger partial charge on any atom is -0.368 e. The molecule has 3 N–H and O–H groups in total. The molecule has 0 radical (unpaired) electrons. The van der Waals surface area contributed by atoms with Crippen LogP contribution in [0.25, 0.3) is 0 Å². The van der Waals surface area contributed by atoms with E-state index in [1.165, 1.54) is 11.1 Å². The summed E-state index contributed by atoms with van der Waals surface area (Å²) >= 11 is 1.74. The lowest BCUT2D eigenvalue weighted by Crippen LogP contribution is -2.43. The Morgan fingerprint density at radius 2 is 2.28 bits per heavy atom. The molecule has 1 rings (SSSR count). The molecule has 0 aromatic heterocycles. The molecular weight excluding hydrogens is 244 g/mol. The molecule has 18 heavy (non-hydrogen) atoms. The first-order valence-electron chi connectivity index (χ1n) is 6.29. The van der Waals surface area contributed by atoms with E-state index in [2.05, 4.69) is 43.4 Å². The highest BCUT2D eigenvalue weighted by molar-refractivity contribution is 7.98. The number of carbonyl (C=O) groups is 1. The topological polar surface area (TPSA) is 55.1 Å². The van der Waals surface area contributed by atoms with Gasteiger partial charge in [-0.15, -0.1) is 0 Å². The number of nitrogens with two attached hydrogens (primary N) is 1. The van der Waals surface area contributed by atoms with Gasteiger partial charge >= 0.3 is 0 Å². The van der Waals surface area contributed by atoms with Gasteiger partial charge in [0.15, 0.2) is 0 Å². The van der Waals surface area contributed by atoms with Crippen molar-refractivity contribution in [1.29, 1.82) is 0 Å². The van der Waals surface area contributed by atoms with E-state index in [9.17, 15) is 4.79 Å². The first-order chi connectivity index (χ1) is 8.63. The number of hydrogen-bond acceptors (Lipinski definition) is 3. The number of primary amides is 1. The fourth-order valence-electron chi connectivity index (χ4n) is 1.66. The van der Waals surface area contributed by atoms with Crippen molar-refractivity contribution < 1.29 is 4.79 Å². The second-order valence-corrected chi connectivity index (χ2v) is 5.44. The van der Waals surface area contributed by atoms with Crippen molar-refractivity contribution in [3.8, 4) is 0 Å². The number of amides is 1. The van der Waals surface area contributed by atoms with Gasteiger partial charge in [-0.2, -0.15) is 11.8 Å². The van der Waals surface area contributed by atoms with Gasteiger partial charge < -0.3 is 11.1 Å². The van der Waals surface area contributed by atoms with Crippen molar-refractivity contribution >= 4 is 17.7 Å². The van der Waals surface area contributed by atoms with Crippen LogP contribution in [0.4, 0.5) is 0 Å². The van der Waals surface area contributed by atoms with Gasteiger partial charge in [-0.3, -0.25) is 4.79 Å². The molecule has 1 atom stereocenters. The summed E-state index contributed by atoms with van der Waals surface area (Å²) < 4.78 is 0. The van der Waals surface area contributed by atoms with E-state index in [1.807, 2.05) is 0 Å². The van der Waals surface area contributed by atoms with Crippen LogP contribution in [-0.2, 0) is 10.5 Å². The first-order valence-corrected chi connectivity index (χ1v) is 7.45. The van der Waals surface area contributed by atoms with Crippen LogP contribution in [0, 0.1) is 6.92 Å². The maximum Gasteiger partial charge on any atom is 0.235 e. The molecule has 1 aromatic carbocycles. The summed E-state index contributed by atoms with van der Waals surface area (Å²) in [5, 5.41) is 3.17. The predicted octanol–water partition coefficient (Wildman–Crippen LogP) is 2.08. The highest BCUT2D eigenvalue weighted by Crippen LogP contribution is 2.14. The zero-order chi connectivity index (χ0) is 13.4. The molecule has 0 heterocycles. The molecule has 1 aromatic rings. The molecule has 0 aliphatic rings. The summed E-state index contributed by atoms with van der Waals surface area (Å²) in [5.41, 5.74) is 7.92. The standard InChI is InChI=1S/C14H22N2OS/c1-3-7-16-13(14(15)17)10-18-9-12-6-4-5-11(2)8-12/h4-6,8,13,16H,3,7,9-10H2,1-2H3,(H2,15,17). The minimum atomic E-state index is -0.264. The van der Waals surface area contributed by atoms with E-state index in [1.54, 1.807) is 11.8 Å². The second-order valence-electron chi connectivity index (χ2n) is 4.41. The van der Waals surface area contributed by atoms with Gasteiger partial charge in [-0.25, -0.2) is 0 Å². The Labute approximate surface area is 114 Å². The Morgan fingerprint density at radius 1 is 1.50 bits per heavy atom. The summed E-state index contributed by atoms with van der Waals surface area (Å²) in [4.78, 5) is 11.2. The summed E-state index contributed by atoms with van der Waals surface area (Å²) in [6.07, 6.45) is 1.01. The van der Waals surface area contributed by atoms with Crippen LogP contribution in [0.5, 0.6) is 0 Å².